The minimum atomic E-state index is 0.0909. The number of ether oxygens (including phenoxy) is 1. The average Bonchev–Trinajstić information content (AvgIpc) is 2.73. The molecule has 0 spiro atoms. The number of nitrogens with zero attached hydrogens (tertiary/aromatic N) is 1. The van der Waals surface area contributed by atoms with Crippen LogP contribution in [0.5, 0.6) is 5.75 Å². The van der Waals surface area contributed by atoms with Crippen LogP contribution in [0.2, 0.25) is 0 Å². The van der Waals surface area contributed by atoms with Crippen LogP contribution < -0.4 is 10.1 Å². The van der Waals surface area contributed by atoms with Gasteiger partial charge in [0.2, 0.25) is 5.91 Å². The summed E-state index contributed by atoms with van der Waals surface area (Å²) in [7, 11) is 1.67. The summed E-state index contributed by atoms with van der Waals surface area (Å²) < 4.78 is 8.59. The maximum absolute atomic E-state index is 11.2. The molecule has 0 bridgehead atoms. The van der Waals surface area contributed by atoms with Gasteiger partial charge in [0.1, 0.15) is 5.75 Å². The SMILES string of the molecule is CCC(=O)NCCn1c(I)cc2cc(OC)ccc21. The molecule has 0 aliphatic carbocycles. The fourth-order valence-electron chi connectivity index (χ4n) is 2.00. The summed E-state index contributed by atoms with van der Waals surface area (Å²) in [5.41, 5.74) is 1.16. The fraction of sp³-hybridized carbons (Fsp3) is 0.357. The summed E-state index contributed by atoms with van der Waals surface area (Å²) in [4.78, 5) is 11.2. The van der Waals surface area contributed by atoms with Crippen LogP contribution in [0.1, 0.15) is 13.3 Å². The highest BCUT2D eigenvalue weighted by Crippen LogP contribution is 2.25. The first-order chi connectivity index (χ1) is 9.15. The van der Waals surface area contributed by atoms with Gasteiger partial charge in [-0.3, -0.25) is 4.79 Å². The number of amides is 1. The van der Waals surface area contributed by atoms with Crippen LogP contribution in [-0.2, 0) is 11.3 Å². The van der Waals surface area contributed by atoms with E-state index in [-0.39, 0.29) is 5.91 Å². The first-order valence-electron chi connectivity index (χ1n) is 6.25. The Balaban J connectivity index is 2.18. The second-order valence-corrected chi connectivity index (χ2v) is 5.35. The van der Waals surface area contributed by atoms with Gasteiger partial charge >= 0.3 is 0 Å². The zero-order chi connectivity index (χ0) is 13.8. The van der Waals surface area contributed by atoms with Crippen molar-refractivity contribution >= 4 is 39.4 Å². The number of carbonyl (C=O) groups excluding carboxylic acids is 1. The number of halogens is 1. The van der Waals surface area contributed by atoms with Crippen molar-refractivity contribution in [2.45, 2.75) is 19.9 Å². The third kappa shape index (κ3) is 3.20. The number of methoxy groups -OCH3 is 1. The largest absolute Gasteiger partial charge is 0.497 e. The average molecular weight is 372 g/mol. The topological polar surface area (TPSA) is 43.3 Å². The summed E-state index contributed by atoms with van der Waals surface area (Å²) in [6.45, 7) is 3.29. The molecule has 0 unspecified atom stereocenters. The van der Waals surface area contributed by atoms with E-state index < -0.39 is 0 Å². The van der Waals surface area contributed by atoms with Gasteiger partial charge in [0.25, 0.3) is 0 Å². The van der Waals surface area contributed by atoms with Crippen LogP contribution in [0.3, 0.4) is 0 Å². The molecule has 0 aliphatic rings. The zero-order valence-electron chi connectivity index (χ0n) is 11.1. The summed E-state index contributed by atoms with van der Waals surface area (Å²) in [5.74, 6) is 0.952. The third-order valence-electron chi connectivity index (χ3n) is 3.04. The first-order valence-corrected chi connectivity index (χ1v) is 7.33. The number of carbonyl (C=O) groups is 1. The molecule has 1 aromatic carbocycles. The van der Waals surface area contributed by atoms with E-state index in [1.54, 1.807) is 7.11 Å². The molecule has 1 heterocycles. The van der Waals surface area contributed by atoms with Crippen molar-refractivity contribution in [3.05, 3.63) is 28.0 Å². The molecule has 1 N–H and O–H groups in total. The summed E-state index contributed by atoms with van der Waals surface area (Å²) >= 11 is 2.31. The quantitative estimate of drug-likeness (QED) is 0.821. The molecule has 4 nitrogen and oxygen atoms in total. The Bertz CT molecular complexity index is 592. The number of rotatable bonds is 5. The van der Waals surface area contributed by atoms with E-state index >= 15 is 0 Å². The Kier molecular flexibility index (Phi) is 4.68. The highest BCUT2D eigenvalue weighted by atomic mass is 127. The Morgan fingerprint density at radius 3 is 2.89 bits per heavy atom. The fourth-order valence-corrected chi connectivity index (χ4v) is 2.84. The Hall–Kier alpha value is -1.24. The van der Waals surface area contributed by atoms with Crippen LogP contribution in [0.25, 0.3) is 10.9 Å². The van der Waals surface area contributed by atoms with Gasteiger partial charge in [-0.15, -0.1) is 0 Å². The van der Waals surface area contributed by atoms with Crippen LogP contribution in [0.15, 0.2) is 24.3 Å². The van der Waals surface area contributed by atoms with Crippen molar-refractivity contribution < 1.29 is 9.53 Å². The van der Waals surface area contributed by atoms with Crippen LogP contribution in [0, 0.1) is 3.70 Å². The number of hydrogen-bond donors (Lipinski definition) is 1. The second kappa shape index (κ2) is 6.27. The predicted octanol–water partition coefficient (Wildman–Crippen LogP) is 2.78. The molecular formula is C14H17IN2O2. The van der Waals surface area contributed by atoms with Crippen LogP contribution >= 0.6 is 22.6 Å². The van der Waals surface area contributed by atoms with Gasteiger partial charge in [-0.1, -0.05) is 6.92 Å². The third-order valence-corrected chi connectivity index (χ3v) is 3.93. The zero-order valence-corrected chi connectivity index (χ0v) is 13.2. The Labute approximate surface area is 126 Å². The highest BCUT2D eigenvalue weighted by Gasteiger charge is 2.07. The van der Waals surface area contributed by atoms with E-state index in [9.17, 15) is 4.79 Å². The monoisotopic (exact) mass is 372 g/mol. The smallest absolute Gasteiger partial charge is 0.219 e. The van der Waals surface area contributed by atoms with Gasteiger partial charge in [0.15, 0.2) is 0 Å². The van der Waals surface area contributed by atoms with Gasteiger partial charge < -0.3 is 14.6 Å². The molecule has 102 valence electrons. The van der Waals surface area contributed by atoms with Gasteiger partial charge in [0.05, 0.1) is 10.8 Å². The molecular weight excluding hydrogens is 355 g/mol. The molecule has 19 heavy (non-hydrogen) atoms. The van der Waals surface area contributed by atoms with Crippen LogP contribution in [-0.4, -0.2) is 24.1 Å². The molecule has 0 aliphatic heterocycles. The van der Waals surface area contributed by atoms with Gasteiger partial charge in [-0.05, 0) is 46.9 Å². The lowest BCUT2D eigenvalue weighted by Crippen LogP contribution is -2.26. The maximum Gasteiger partial charge on any atom is 0.219 e. The maximum atomic E-state index is 11.2. The van der Waals surface area contributed by atoms with E-state index in [0.29, 0.717) is 13.0 Å². The van der Waals surface area contributed by atoms with E-state index in [0.717, 1.165) is 26.9 Å². The number of nitrogens with one attached hydrogen (secondary N) is 1. The van der Waals surface area contributed by atoms with E-state index in [4.69, 9.17) is 4.74 Å². The molecule has 1 amide bonds. The van der Waals surface area contributed by atoms with E-state index in [1.165, 1.54) is 0 Å². The Morgan fingerprint density at radius 2 is 2.21 bits per heavy atom. The van der Waals surface area contributed by atoms with Crippen molar-refractivity contribution in [3.8, 4) is 5.75 Å². The summed E-state index contributed by atoms with van der Waals surface area (Å²) in [5, 5.41) is 4.06. The lowest BCUT2D eigenvalue weighted by atomic mass is 10.2. The van der Waals surface area contributed by atoms with Gasteiger partial charge in [0, 0.05) is 30.4 Å². The standard InChI is InChI=1S/C14H17IN2O2/c1-3-14(18)16-6-7-17-12-5-4-11(19-2)8-10(12)9-13(17)15/h4-5,8-9H,3,6-7H2,1-2H3,(H,16,18). The summed E-state index contributed by atoms with van der Waals surface area (Å²) in [6, 6.07) is 8.16. The molecule has 2 rings (SSSR count). The van der Waals surface area contributed by atoms with Crippen molar-refractivity contribution in [2.75, 3.05) is 13.7 Å². The van der Waals surface area contributed by atoms with Gasteiger partial charge in [-0.25, -0.2) is 0 Å². The van der Waals surface area contributed by atoms with E-state index in [1.807, 2.05) is 19.1 Å². The van der Waals surface area contributed by atoms with Crippen molar-refractivity contribution in [1.29, 1.82) is 0 Å². The second-order valence-electron chi connectivity index (χ2n) is 4.25. The molecule has 0 fully saturated rings. The van der Waals surface area contributed by atoms with Crippen molar-refractivity contribution in [3.63, 3.8) is 0 Å². The predicted molar refractivity (Wildman–Crippen MR) is 84.5 cm³/mol. The highest BCUT2D eigenvalue weighted by molar-refractivity contribution is 14.1. The first kappa shape index (κ1) is 14.2. The number of aromatic nitrogens is 1. The minimum Gasteiger partial charge on any atom is -0.497 e. The molecule has 0 atom stereocenters. The number of hydrogen-bond acceptors (Lipinski definition) is 2. The van der Waals surface area contributed by atoms with Gasteiger partial charge in [-0.2, -0.15) is 0 Å². The molecule has 0 saturated heterocycles. The molecule has 0 saturated carbocycles. The lowest BCUT2D eigenvalue weighted by molar-refractivity contribution is -0.120. The van der Waals surface area contributed by atoms with Crippen LogP contribution in [0.4, 0.5) is 0 Å². The van der Waals surface area contributed by atoms with E-state index in [2.05, 4.69) is 44.6 Å². The molecule has 1 aromatic heterocycles. The normalized spacial score (nSPS) is 10.7. The minimum absolute atomic E-state index is 0.0909. The van der Waals surface area contributed by atoms with Crippen molar-refractivity contribution in [2.24, 2.45) is 0 Å². The molecule has 5 heteroatoms. The molecule has 2 aromatic rings. The van der Waals surface area contributed by atoms with Crippen molar-refractivity contribution in [1.82, 2.24) is 9.88 Å². The number of benzene rings is 1. The molecule has 0 radical (unpaired) electrons. The number of fused-ring (bicyclic) bond motifs is 1. The lowest BCUT2D eigenvalue weighted by Gasteiger charge is -2.09. The Morgan fingerprint density at radius 1 is 1.42 bits per heavy atom. The summed E-state index contributed by atoms with van der Waals surface area (Å²) in [6.07, 6.45) is 0.528.